The highest BCUT2D eigenvalue weighted by molar-refractivity contribution is 5.93. The summed E-state index contributed by atoms with van der Waals surface area (Å²) in [4.78, 5) is 13.4. The highest BCUT2D eigenvalue weighted by Crippen LogP contribution is 2.41. The van der Waals surface area contributed by atoms with Gasteiger partial charge in [-0.25, -0.2) is 14.4 Å². The molecule has 0 spiro atoms. The second kappa shape index (κ2) is 6.41. The van der Waals surface area contributed by atoms with Crippen LogP contribution in [-0.4, -0.2) is 63.9 Å². The van der Waals surface area contributed by atoms with E-state index < -0.39 is 0 Å². The van der Waals surface area contributed by atoms with E-state index in [4.69, 9.17) is 4.74 Å². The zero-order chi connectivity index (χ0) is 19.3. The number of anilines is 1. The summed E-state index contributed by atoms with van der Waals surface area (Å²) >= 11 is 0. The molecule has 1 saturated heterocycles. The number of piperazine rings is 1. The first kappa shape index (κ1) is 17.4. The number of ether oxygens (including phenoxy) is 1. The van der Waals surface area contributed by atoms with Gasteiger partial charge >= 0.3 is 0 Å². The summed E-state index contributed by atoms with van der Waals surface area (Å²) < 4.78 is 20.3. The largest absolute Gasteiger partial charge is 0.484 e. The molecular weight excluding hydrogens is 359 g/mol. The first-order chi connectivity index (χ1) is 13.5. The molecule has 1 aliphatic carbocycles. The minimum atomic E-state index is -0.378. The number of aromatic nitrogens is 4. The Morgan fingerprint density at radius 2 is 1.89 bits per heavy atom. The second-order valence-electron chi connectivity index (χ2n) is 8.00. The highest BCUT2D eigenvalue weighted by Gasteiger charge is 2.40. The summed E-state index contributed by atoms with van der Waals surface area (Å²) in [6, 6.07) is 5.12. The number of rotatable bonds is 4. The lowest BCUT2D eigenvalue weighted by atomic mass is 10.1. The van der Waals surface area contributed by atoms with Crippen molar-refractivity contribution in [2.75, 3.05) is 38.1 Å². The van der Waals surface area contributed by atoms with E-state index >= 15 is 0 Å². The summed E-state index contributed by atoms with van der Waals surface area (Å²) in [6.07, 6.45) is 3.46. The molecule has 1 aliphatic heterocycles. The molecular formula is C20H23FN6O. The van der Waals surface area contributed by atoms with Crippen LogP contribution < -0.4 is 9.64 Å². The van der Waals surface area contributed by atoms with E-state index in [-0.39, 0.29) is 17.2 Å². The first-order valence-electron chi connectivity index (χ1n) is 9.63. The Balaban J connectivity index is 1.50. The second-order valence-corrected chi connectivity index (χ2v) is 8.00. The fraction of sp³-hybridized carbons (Fsp3) is 0.450. The zero-order valence-corrected chi connectivity index (χ0v) is 16.1. The van der Waals surface area contributed by atoms with Crippen LogP contribution in [-0.2, 0) is 0 Å². The molecule has 0 amide bonds. The van der Waals surface area contributed by atoms with Gasteiger partial charge in [0.25, 0.3) is 0 Å². The molecule has 2 fully saturated rings. The number of aromatic amines is 1. The van der Waals surface area contributed by atoms with Crippen LogP contribution in [0.2, 0.25) is 0 Å². The van der Waals surface area contributed by atoms with Crippen LogP contribution in [0.1, 0.15) is 19.8 Å². The van der Waals surface area contributed by atoms with E-state index in [0.717, 1.165) is 50.2 Å². The van der Waals surface area contributed by atoms with Gasteiger partial charge < -0.3 is 14.5 Å². The molecule has 0 bridgehead atoms. The predicted molar refractivity (Wildman–Crippen MR) is 105 cm³/mol. The lowest BCUT2D eigenvalue weighted by molar-refractivity contribution is 0.191. The molecule has 1 saturated carbocycles. The van der Waals surface area contributed by atoms with Crippen LogP contribution in [0.3, 0.4) is 0 Å². The summed E-state index contributed by atoms with van der Waals surface area (Å²) in [5.74, 6) is 0.776. The summed E-state index contributed by atoms with van der Waals surface area (Å²) in [5, 5.41) is 8.10. The van der Waals surface area contributed by atoms with Crippen molar-refractivity contribution in [1.82, 2.24) is 25.1 Å². The molecule has 5 rings (SSSR count). The highest BCUT2D eigenvalue weighted by atomic mass is 19.1. The van der Waals surface area contributed by atoms with Crippen molar-refractivity contribution in [2.24, 2.45) is 0 Å². The summed E-state index contributed by atoms with van der Waals surface area (Å²) in [6.45, 7) is 5.86. The molecule has 146 valence electrons. The number of hydrogen-bond acceptors (Lipinski definition) is 6. The van der Waals surface area contributed by atoms with Gasteiger partial charge in [-0.05, 0) is 32.9 Å². The molecule has 8 heteroatoms. The maximum absolute atomic E-state index is 14.4. The zero-order valence-electron chi connectivity index (χ0n) is 16.1. The molecule has 3 heterocycles. The number of likely N-dealkylation sites (N-methyl/N-ethyl adjacent to an activating group) is 1. The monoisotopic (exact) mass is 382 g/mol. The Hall–Kier alpha value is -2.74. The third-order valence-corrected chi connectivity index (χ3v) is 5.65. The van der Waals surface area contributed by atoms with Crippen molar-refractivity contribution >= 4 is 16.7 Å². The number of hydrogen-bond donors (Lipinski definition) is 1. The molecule has 0 unspecified atom stereocenters. The fourth-order valence-electron chi connectivity index (χ4n) is 3.52. The van der Waals surface area contributed by atoms with E-state index in [9.17, 15) is 4.39 Å². The minimum absolute atomic E-state index is 0.248. The van der Waals surface area contributed by atoms with Crippen molar-refractivity contribution in [3.8, 4) is 17.1 Å². The van der Waals surface area contributed by atoms with Gasteiger partial charge in [0.15, 0.2) is 11.6 Å². The summed E-state index contributed by atoms with van der Waals surface area (Å²) in [5.41, 5.74) is 1.77. The van der Waals surface area contributed by atoms with Gasteiger partial charge in [-0.15, -0.1) is 0 Å². The smallest absolute Gasteiger partial charge is 0.167 e. The standard InChI is InChI=1S/C20H23FN6O/c1-20(3-4-20)28-17-9-13-15(10-14(17)21)24-25-19(13)16-11-18(23-12-22-16)27-7-5-26(2)6-8-27/h9-12H,3-8H2,1-2H3,(H,24,25). The normalized spacial score (nSPS) is 19.2. The van der Waals surface area contributed by atoms with Gasteiger partial charge in [-0.2, -0.15) is 5.10 Å². The number of benzene rings is 1. The van der Waals surface area contributed by atoms with Gasteiger partial charge in [0, 0.05) is 43.7 Å². The Morgan fingerprint density at radius 1 is 1.11 bits per heavy atom. The molecule has 2 aliphatic rings. The Morgan fingerprint density at radius 3 is 2.64 bits per heavy atom. The van der Waals surface area contributed by atoms with Gasteiger partial charge in [-0.1, -0.05) is 0 Å². The van der Waals surface area contributed by atoms with Crippen molar-refractivity contribution in [3.05, 3.63) is 30.3 Å². The molecule has 0 atom stereocenters. The number of nitrogens with zero attached hydrogens (tertiary/aromatic N) is 5. The maximum Gasteiger partial charge on any atom is 0.167 e. The molecule has 0 radical (unpaired) electrons. The molecule has 2 aromatic heterocycles. The predicted octanol–water partition coefficient (Wildman–Crippen LogP) is 2.84. The number of nitrogens with one attached hydrogen (secondary N) is 1. The number of H-pyrrole nitrogens is 1. The van der Waals surface area contributed by atoms with Gasteiger partial charge in [0.1, 0.15) is 23.4 Å². The molecule has 1 N–H and O–H groups in total. The molecule has 7 nitrogen and oxygen atoms in total. The van der Waals surface area contributed by atoms with E-state index in [2.05, 4.69) is 37.0 Å². The topological polar surface area (TPSA) is 70.2 Å². The first-order valence-corrected chi connectivity index (χ1v) is 9.63. The van der Waals surface area contributed by atoms with Crippen molar-refractivity contribution in [2.45, 2.75) is 25.4 Å². The van der Waals surface area contributed by atoms with Crippen LogP contribution in [0, 0.1) is 5.82 Å². The number of fused-ring (bicyclic) bond motifs is 1. The van der Waals surface area contributed by atoms with E-state index in [1.807, 2.05) is 13.0 Å². The van der Waals surface area contributed by atoms with Crippen molar-refractivity contribution < 1.29 is 9.13 Å². The molecule has 28 heavy (non-hydrogen) atoms. The lowest BCUT2D eigenvalue weighted by Crippen LogP contribution is -2.44. The van der Waals surface area contributed by atoms with Crippen LogP contribution >= 0.6 is 0 Å². The Labute approximate surface area is 162 Å². The Kier molecular flexibility index (Phi) is 3.97. The SMILES string of the molecule is CN1CCN(c2cc(-c3n[nH]c4cc(F)c(OC5(C)CC5)cc34)ncn2)CC1. The van der Waals surface area contributed by atoms with Gasteiger partial charge in [-0.3, -0.25) is 5.10 Å². The number of halogens is 1. The van der Waals surface area contributed by atoms with E-state index in [0.29, 0.717) is 16.9 Å². The third-order valence-electron chi connectivity index (χ3n) is 5.65. The fourth-order valence-corrected chi connectivity index (χ4v) is 3.52. The quantitative estimate of drug-likeness (QED) is 0.748. The van der Waals surface area contributed by atoms with Crippen molar-refractivity contribution in [1.29, 1.82) is 0 Å². The van der Waals surface area contributed by atoms with Crippen LogP contribution in [0.5, 0.6) is 5.75 Å². The molecule has 1 aromatic carbocycles. The lowest BCUT2D eigenvalue weighted by Gasteiger charge is -2.33. The van der Waals surface area contributed by atoms with Crippen LogP contribution in [0.4, 0.5) is 10.2 Å². The van der Waals surface area contributed by atoms with E-state index in [1.54, 1.807) is 12.4 Å². The average Bonchev–Trinajstić information content (AvgIpc) is 3.28. The minimum Gasteiger partial charge on any atom is -0.484 e. The van der Waals surface area contributed by atoms with E-state index in [1.165, 1.54) is 6.07 Å². The van der Waals surface area contributed by atoms with Gasteiger partial charge in [0.2, 0.25) is 0 Å². The van der Waals surface area contributed by atoms with Gasteiger partial charge in [0.05, 0.1) is 11.2 Å². The summed E-state index contributed by atoms with van der Waals surface area (Å²) in [7, 11) is 2.12. The maximum atomic E-state index is 14.4. The van der Waals surface area contributed by atoms with Crippen LogP contribution in [0.25, 0.3) is 22.3 Å². The third kappa shape index (κ3) is 3.17. The molecule has 3 aromatic rings. The average molecular weight is 382 g/mol. The Bertz CT molecular complexity index is 1020. The van der Waals surface area contributed by atoms with Crippen LogP contribution in [0.15, 0.2) is 24.5 Å². The van der Waals surface area contributed by atoms with Crippen molar-refractivity contribution in [3.63, 3.8) is 0 Å².